The first kappa shape index (κ1) is 12.9. The monoisotopic (exact) mass is 214 g/mol. The van der Waals surface area contributed by atoms with Gasteiger partial charge in [0.05, 0.1) is 5.60 Å². The Morgan fingerprint density at radius 3 is 2.67 bits per heavy atom. The molecular weight excluding hydrogens is 188 g/mol. The maximum Gasteiger partial charge on any atom is 0.0634 e. The second kappa shape index (κ2) is 5.28. The van der Waals surface area contributed by atoms with Gasteiger partial charge in [-0.3, -0.25) is 4.90 Å². The fourth-order valence-electron chi connectivity index (χ4n) is 2.04. The lowest BCUT2D eigenvalue weighted by molar-refractivity contribution is 0.000999. The van der Waals surface area contributed by atoms with Crippen LogP contribution in [-0.4, -0.2) is 42.8 Å². The maximum atomic E-state index is 5.99. The molecule has 2 unspecified atom stereocenters. The smallest absolute Gasteiger partial charge is 0.0634 e. The van der Waals surface area contributed by atoms with Crippen molar-refractivity contribution in [3.05, 3.63) is 0 Å². The molecule has 3 heteroatoms. The Balaban J connectivity index is 2.36. The SMILES string of the molecule is COC(C)(C)CCN1CC(N)CCC1C. The van der Waals surface area contributed by atoms with Crippen molar-refractivity contribution in [2.75, 3.05) is 20.2 Å². The van der Waals surface area contributed by atoms with Crippen molar-refractivity contribution in [1.29, 1.82) is 0 Å². The van der Waals surface area contributed by atoms with Crippen molar-refractivity contribution < 1.29 is 4.74 Å². The van der Waals surface area contributed by atoms with E-state index in [9.17, 15) is 0 Å². The molecule has 3 nitrogen and oxygen atoms in total. The number of rotatable bonds is 4. The number of ether oxygens (including phenoxy) is 1. The summed E-state index contributed by atoms with van der Waals surface area (Å²) in [5.41, 5.74) is 5.97. The van der Waals surface area contributed by atoms with Crippen LogP contribution in [-0.2, 0) is 4.74 Å². The predicted octanol–water partition coefficient (Wildman–Crippen LogP) is 1.61. The molecule has 2 N–H and O–H groups in total. The van der Waals surface area contributed by atoms with E-state index in [0.29, 0.717) is 12.1 Å². The lowest BCUT2D eigenvalue weighted by Crippen LogP contribution is -2.48. The molecule has 0 aromatic heterocycles. The second-order valence-corrected chi connectivity index (χ2v) is 5.40. The second-order valence-electron chi connectivity index (χ2n) is 5.40. The van der Waals surface area contributed by atoms with E-state index in [2.05, 4.69) is 25.7 Å². The van der Waals surface area contributed by atoms with Gasteiger partial charge in [-0.15, -0.1) is 0 Å². The Kier molecular flexibility index (Phi) is 4.56. The normalized spacial score (nSPS) is 29.4. The zero-order valence-corrected chi connectivity index (χ0v) is 10.6. The highest BCUT2D eigenvalue weighted by atomic mass is 16.5. The van der Waals surface area contributed by atoms with E-state index in [1.54, 1.807) is 7.11 Å². The Bertz CT molecular complexity index is 194. The average molecular weight is 214 g/mol. The summed E-state index contributed by atoms with van der Waals surface area (Å²) in [7, 11) is 1.78. The Morgan fingerprint density at radius 1 is 1.40 bits per heavy atom. The van der Waals surface area contributed by atoms with Crippen LogP contribution in [0, 0.1) is 0 Å². The van der Waals surface area contributed by atoms with Crippen LogP contribution in [0.3, 0.4) is 0 Å². The van der Waals surface area contributed by atoms with Crippen molar-refractivity contribution in [3.8, 4) is 0 Å². The third-order valence-corrected chi connectivity index (χ3v) is 3.60. The highest BCUT2D eigenvalue weighted by Crippen LogP contribution is 2.19. The number of hydrogen-bond acceptors (Lipinski definition) is 3. The Morgan fingerprint density at radius 2 is 2.07 bits per heavy atom. The first-order chi connectivity index (χ1) is 6.94. The van der Waals surface area contributed by atoms with E-state index in [1.807, 2.05) is 0 Å². The lowest BCUT2D eigenvalue weighted by Gasteiger charge is -2.38. The van der Waals surface area contributed by atoms with Crippen LogP contribution in [0.1, 0.15) is 40.0 Å². The van der Waals surface area contributed by atoms with Gasteiger partial charge in [0.2, 0.25) is 0 Å². The van der Waals surface area contributed by atoms with Gasteiger partial charge < -0.3 is 10.5 Å². The number of likely N-dealkylation sites (tertiary alicyclic amines) is 1. The molecule has 15 heavy (non-hydrogen) atoms. The number of hydrogen-bond donors (Lipinski definition) is 1. The number of methoxy groups -OCH3 is 1. The molecular formula is C12H26N2O. The summed E-state index contributed by atoms with van der Waals surface area (Å²) in [5.74, 6) is 0. The topological polar surface area (TPSA) is 38.5 Å². The summed E-state index contributed by atoms with van der Waals surface area (Å²) in [5, 5.41) is 0. The van der Waals surface area contributed by atoms with Gasteiger partial charge in [-0.1, -0.05) is 0 Å². The largest absolute Gasteiger partial charge is 0.379 e. The average Bonchev–Trinajstić information content (AvgIpc) is 2.20. The van der Waals surface area contributed by atoms with E-state index in [-0.39, 0.29) is 5.60 Å². The van der Waals surface area contributed by atoms with E-state index in [0.717, 1.165) is 19.5 Å². The fraction of sp³-hybridized carbons (Fsp3) is 1.00. The van der Waals surface area contributed by atoms with Gasteiger partial charge in [0.15, 0.2) is 0 Å². The summed E-state index contributed by atoms with van der Waals surface area (Å²) < 4.78 is 5.43. The van der Waals surface area contributed by atoms with Crippen LogP contribution in [0.4, 0.5) is 0 Å². The fourth-order valence-corrected chi connectivity index (χ4v) is 2.04. The van der Waals surface area contributed by atoms with Crippen molar-refractivity contribution in [1.82, 2.24) is 4.90 Å². The van der Waals surface area contributed by atoms with E-state index < -0.39 is 0 Å². The van der Waals surface area contributed by atoms with E-state index in [1.165, 1.54) is 12.8 Å². The van der Waals surface area contributed by atoms with Crippen LogP contribution in [0.5, 0.6) is 0 Å². The van der Waals surface area contributed by atoms with Crippen LogP contribution in [0.2, 0.25) is 0 Å². The van der Waals surface area contributed by atoms with Crippen LogP contribution >= 0.6 is 0 Å². The highest BCUT2D eigenvalue weighted by molar-refractivity contribution is 4.82. The third kappa shape index (κ3) is 4.09. The molecule has 0 aromatic rings. The number of nitrogens with zero attached hydrogens (tertiary/aromatic N) is 1. The summed E-state index contributed by atoms with van der Waals surface area (Å²) in [6.07, 6.45) is 3.47. The molecule has 0 aromatic carbocycles. The minimum atomic E-state index is -0.0126. The van der Waals surface area contributed by atoms with Crippen LogP contribution in [0.25, 0.3) is 0 Å². The molecule has 1 heterocycles. The van der Waals surface area contributed by atoms with Crippen molar-refractivity contribution in [2.24, 2.45) is 5.73 Å². The minimum absolute atomic E-state index is 0.0126. The molecule has 2 atom stereocenters. The molecule has 90 valence electrons. The molecule has 0 bridgehead atoms. The molecule has 0 amide bonds. The van der Waals surface area contributed by atoms with Gasteiger partial charge >= 0.3 is 0 Å². The highest BCUT2D eigenvalue weighted by Gasteiger charge is 2.25. The Labute approximate surface area is 94.0 Å². The molecule has 0 spiro atoms. The molecule has 0 radical (unpaired) electrons. The maximum absolute atomic E-state index is 5.99. The number of piperidine rings is 1. The molecule has 1 fully saturated rings. The molecule has 1 saturated heterocycles. The number of nitrogens with two attached hydrogens (primary N) is 1. The predicted molar refractivity (Wildman–Crippen MR) is 63.9 cm³/mol. The van der Waals surface area contributed by atoms with Gasteiger partial charge in [0.1, 0.15) is 0 Å². The molecule has 1 rings (SSSR count). The van der Waals surface area contributed by atoms with Gasteiger partial charge in [-0.05, 0) is 40.0 Å². The summed E-state index contributed by atoms with van der Waals surface area (Å²) in [4.78, 5) is 2.49. The van der Waals surface area contributed by atoms with Gasteiger partial charge in [0, 0.05) is 32.3 Å². The van der Waals surface area contributed by atoms with Crippen molar-refractivity contribution in [3.63, 3.8) is 0 Å². The summed E-state index contributed by atoms with van der Waals surface area (Å²) in [6.45, 7) is 8.71. The van der Waals surface area contributed by atoms with Gasteiger partial charge in [-0.25, -0.2) is 0 Å². The third-order valence-electron chi connectivity index (χ3n) is 3.60. The van der Waals surface area contributed by atoms with E-state index in [4.69, 9.17) is 10.5 Å². The first-order valence-corrected chi connectivity index (χ1v) is 5.99. The van der Waals surface area contributed by atoms with Crippen LogP contribution in [0.15, 0.2) is 0 Å². The molecule has 0 aliphatic carbocycles. The molecule has 1 aliphatic rings. The van der Waals surface area contributed by atoms with Gasteiger partial charge in [-0.2, -0.15) is 0 Å². The van der Waals surface area contributed by atoms with E-state index >= 15 is 0 Å². The van der Waals surface area contributed by atoms with Crippen molar-refractivity contribution in [2.45, 2.75) is 57.7 Å². The molecule has 0 saturated carbocycles. The summed E-state index contributed by atoms with van der Waals surface area (Å²) >= 11 is 0. The molecule has 1 aliphatic heterocycles. The quantitative estimate of drug-likeness (QED) is 0.773. The Hall–Kier alpha value is -0.120. The minimum Gasteiger partial charge on any atom is -0.379 e. The van der Waals surface area contributed by atoms with Crippen molar-refractivity contribution >= 4 is 0 Å². The first-order valence-electron chi connectivity index (χ1n) is 5.99. The zero-order chi connectivity index (χ0) is 11.5. The zero-order valence-electron chi connectivity index (χ0n) is 10.6. The lowest BCUT2D eigenvalue weighted by atomic mass is 9.98. The van der Waals surface area contributed by atoms with Gasteiger partial charge in [0.25, 0.3) is 0 Å². The van der Waals surface area contributed by atoms with Crippen LogP contribution < -0.4 is 5.73 Å². The summed E-state index contributed by atoms with van der Waals surface area (Å²) in [6, 6.07) is 1.05. The standard InChI is InChI=1S/C12H26N2O/c1-10-5-6-11(13)9-14(10)8-7-12(2,3)15-4/h10-11H,5-9,13H2,1-4H3.